The van der Waals surface area contributed by atoms with Crippen LogP contribution in [0.25, 0.3) is 0 Å². The predicted octanol–water partition coefficient (Wildman–Crippen LogP) is 1.84. The highest BCUT2D eigenvalue weighted by atomic mass is 19.1. The minimum atomic E-state index is -0.832. The largest absolute Gasteiger partial charge is 0.345 e. The third-order valence-electron chi connectivity index (χ3n) is 4.04. The van der Waals surface area contributed by atoms with Crippen molar-refractivity contribution < 1.29 is 14.0 Å². The van der Waals surface area contributed by atoms with Gasteiger partial charge in [0.15, 0.2) is 0 Å². The van der Waals surface area contributed by atoms with Crippen molar-refractivity contribution in [1.29, 1.82) is 0 Å². The van der Waals surface area contributed by atoms with Gasteiger partial charge in [-0.1, -0.05) is 26.0 Å². The Kier molecular flexibility index (Phi) is 4.06. The van der Waals surface area contributed by atoms with E-state index in [-0.39, 0.29) is 30.7 Å². The molecule has 2 rings (SSSR count). The van der Waals surface area contributed by atoms with Crippen molar-refractivity contribution in [2.45, 2.75) is 38.8 Å². The molecular weight excluding hydrogens is 259 g/mol. The normalized spacial score (nSPS) is 18.1. The van der Waals surface area contributed by atoms with E-state index >= 15 is 0 Å². The van der Waals surface area contributed by atoms with Crippen LogP contribution < -0.4 is 5.32 Å². The van der Waals surface area contributed by atoms with E-state index in [1.54, 1.807) is 17.0 Å². The molecule has 1 fully saturated rings. The van der Waals surface area contributed by atoms with E-state index in [0.29, 0.717) is 18.4 Å². The van der Waals surface area contributed by atoms with Crippen LogP contribution in [0.3, 0.4) is 0 Å². The van der Waals surface area contributed by atoms with Gasteiger partial charge in [-0.15, -0.1) is 0 Å². The average Bonchev–Trinajstić information content (AvgIpc) is 2.44. The Morgan fingerprint density at radius 3 is 2.60 bits per heavy atom. The molecule has 0 radical (unpaired) electrons. The average molecular weight is 278 g/mol. The van der Waals surface area contributed by atoms with Gasteiger partial charge in [0, 0.05) is 6.54 Å². The first-order valence-electron chi connectivity index (χ1n) is 6.86. The van der Waals surface area contributed by atoms with E-state index in [2.05, 4.69) is 5.32 Å². The predicted molar refractivity (Wildman–Crippen MR) is 73.3 cm³/mol. The van der Waals surface area contributed by atoms with Gasteiger partial charge in [0.1, 0.15) is 11.4 Å². The zero-order chi connectivity index (χ0) is 14.8. The molecule has 1 heterocycles. The number of benzene rings is 1. The van der Waals surface area contributed by atoms with Crippen LogP contribution in [-0.4, -0.2) is 28.8 Å². The Morgan fingerprint density at radius 1 is 1.30 bits per heavy atom. The summed E-state index contributed by atoms with van der Waals surface area (Å²) in [6.45, 7) is 4.04. The van der Waals surface area contributed by atoms with Crippen LogP contribution >= 0.6 is 0 Å². The second-order valence-corrected chi connectivity index (χ2v) is 5.03. The molecule has 1 N–H and O–H groups in total. The Morgan fingerprint density at radius 2 is 2.00 bits per heavy atom. The highest BCUT2D eigenvalue weighted by Crippen LogP contribution is 2.29. The Bertz CT molecular complexity index is 526. The van der Waals surface area contributed by atoms with Crippen LogP contribution in [0.5, 0.6) is 0 Å². The molecule has 0 bridgehead atoms. The lowest BCUT2D eigenvalue weighted by molar-refractivity contribution is -0.155. The summed E-state index contributed by atoms with van der Waals surface area (Å²) in [5.74, 6) is -0.592. The molecule has 0 spiro atoms. The Balaban J connectivity index is 2.34. The van der Waals surface area contributed by atoms with Gasteiger partial charge in [0.2, 0.25) is 11.8 Å². The molecule has 0 unspecified atom stereocenters. The first-order valence-corrected chi connectivity index (χ1v) is 6.86. The van der Waals surface area contributed by atoms with Gasteiger partial charge in [0.25, 0.3) is 0 Å². The summed E-state index contributed by atoms with van der Waals surface area (Å²) in [6, 6.07) is 6.13. The number of halogens is 1. The minimum Gasteiger partial charge on any atom is -0.345 e. The monoisotopic (exact) mass is 278 g/mol. The fourth-order valence-electron chi connectivity index (χ4n) is 2.79. The van der Waals surface area contributed by atoms with Gasteiger partial charge in [-0.3, -0.25) is 9.59 Å². The first-order chi connectivity index (χ1) is 9.53. The molecule has 0 aromatic heterocycles. The third-order valence-corrected chi connectivity index (χ3v) is 4.04. The van der Waals surface area contributed by atoms with E-state index < -0.39 is 5.54 Å². The first kappa shape index (κ1) is 14.5. The topological polar surface area (TPSA) is 49.4 Å². The van der Waals surface area contributed by atoms with E-state index in [4.69, 9.17) is 0 Å². The van der Waals surface area contributed by atoms with Crippen molar-refractivity contribution in [3.05, 3.63) is 35.6 Å². The summed E-state index contributed by atoms with van der Waals surface area (Å²) < 4.78 is 13.3. The quantitative estimate of drug-likeness (QED) is 0.913. The summed E-state index contributed by atoms with van der Waals surface area (Å²) in [4.78, 5) is 26.0. The SMILES string of the molecule is CCC1(CC)C(=O)NCC(=O)N1Cc1cccc(F)c1. The van der Waals surface area contributed by atoms with E-state index in [1.807, 2.05) is 13.8 Å². The number of nitrogens with zero attached hydrogens (tertiary/aromatic N) is 1. The molecule has 0 aliphatic carbocycles. The number of carbonyl (C=O) groups is 2. The fourth-order valence-corrected chi connectivity index (χ4v) is 2.79. The van der Waals surface area contributed by atoms with Crippen LogP contribution in [0.1, 0.15) is 32.3 Å². The lowest BCUT2D eigenvalue weighted by Crippen LogP contribution is -2.66. The maximum Gasteiger partial charge on any atom is 0.246 e. The van der Waals surface area contributed by atoms with E-state index in [9.17, 15) is 14.0 Å². The summed E-state index contributed by atoms with van der Waals surface area (Å²) in [5.41, 5.74) is -0.138. The van der Waals surface area contributed by atoms with Gasteiger partial charge >= 0.3 is 0 Å². The van der Waals surface area contributed by atoms with Crippen molar-refractivity contribution in [2.24, 2.45) is 0 Å². The highest BCUT2D eigenvalue weighted by Gasteiger charge is 2.46. The lowest BCUT2D eigenvalue weighted by atomic mass is 9.87. The van der Waals surface area contributed by atoms with Crippen LogP contribution in [0.4, 0.5) is 4.39 Å². The smallest absolute Gasteiger partial charge is 0.246 e. The molecule has 5 heteroatoms. The third kappa shape index (κ3) is 2.40. The maximum absolute atomic E-state index is 13.3. The van der Waals surface area contributed by atoms with Crippen molar-refractivity contribution in [2.75, 3.05) is 6.54 Å². The molecule has 0 saturated carbocycles. The molecule has 108 valence electrons. The number of nitrogens with one attached hydrogen (secondary N) is 1. The zero-order valence-electron chi connectivity index (χ0n) is 11.8. The maximum atomic E-state index is 13.3. The lowest BCUT2D eigenvalue weighted by Gasteiger charge is -2.45. The summed E-state index contributed by atoms with van der Waals surface area (Å²) in [6.07, 6.45) is 1.08. The van der Waals surface area contributed by atoms with Crippen molar-refractivity contribution >= 4 is 11.8 Å². The zero-order valence-corrected chi connectivity index (χ0v) is 11.8. The molecular formula is C15H19FN2O2. The number of hydrogen-bond donors (Lipinski definition) is 1. The van der Waals surface area contributed by atoms with Gasteiger partial charge in [-0.05, 0) is 30.5 Å². The van der Waals surface area contributed by atoms with Crippen LogP contribution in [-0.2, 0) is 16.1 Å². The van der Waals surface area contributed by atoms with Crippen LogP contribution in [0, 0.1) is 5.82 Å². The molecule has 1 aromatic rings. The summed E-state index contributed by atoms with van der Waals surface area (Å²) >= 11 is 0. The van der Waals surface area contributed by atoms with Gasteiger partial charge in [0.05, 0.1) is 6.54 Å². The molecule has 1 aromatic carbocycles. The van der Waals surface area contributed by atoms with Gasteiger partial charge in [-0.25, -0.2) is 4.39 Å². The number of carbonyl (C=O) groups excluding carboxylic acids is 2. The number of amides is 2. The van der Waals surface area contributed by atoms with E-state index in [0.717, 1.165) is 0 Å². The number of hydrogen-bond acceptors (Lipinski definition) is 2. The summed E-state index contributed by atoms with van der Waals surface area (Å²) in [5, 5.41) is 2.65. The minimum absolute atomic E-state index is 0.00982. The molecule has 1 saturated heterocycles. The van der Waals surface area contributed by atoms with Gasteiger partial charge in [-0.2, -0.15) is 0 Å². The summed E-state index contributed by atoms with van der Waals surface area (Å²) in [7, 11) is 0. The molecule has 0 atom stereocenters. The van der Waals surface area contributed by atoms with Crippen molar-refractivity contribution in [3.8, 4) is 0 Å². The Labute approximate surface area is 118 Å². The van der Waals surface area contributed by atoms with Crippen molar-refractivity contribution in [1.82, 2.24) is 10.2 Å². The van der Waals surface area contributed by atoms with E-state index in [1.165, 1.54) is 12.1 Å². The number of rotatable bonds is 4. The fraction of sp³-hybridized carbons (Fsp3) is 0.467. The molecule has 1 aliphatic rings. The molecule has 4 nitrogen and oxygen atoms in total. The standard InChI is InChI=1S/C15H19FN2O2/c1-3-15(4-2)14(20)17-9-13(19)18(15)10-11-6-5-7-12(16)8-11/h5-8H,3-4,9-10H2,1-2H3,(H,17,20). The van der Waals surface area contributed by atoms with Gasteiger partial charge < -0.3 is 10.2 Å². The Hall–Kier alpha value is -1.91. The highest BCUT2D eigenvalue weighted by molar-refractivity contribution is 5.97. The second kappa shape index (κ2) is 5.61. The molecule has 1 aliphatic heterocycles. The second-order valence-electron chi connectivity index (χ2n) is 5.03. The molecule has 20 heavy (non-hydrogen) atoms. The molecule has 2 amide bonds. The van der Waals surface area contributed by atoms with Crippen LogP contribution in [0.15, 0.2) is 24.3 Å². The van der Waals surface area contributed by atoms with Crippen molar-refractivity contribution in [3.63, 3.8) is 0 Å². The van der Waals surface area contributed by atoms with Crippen LogP contribution in [0.2, 0.25) is 0 Å². The number of piperazine rings is 1.